The molecule has 0 aliphatic carbocycles. The van der Waals surface area contributed by atoms with Gasteiger partial charge in [-0.05, 0) is 24.1 Å². The predicted octanol–water partition coefficient (Wildman–Crippen LogP) is 5.28. The summed E-state index contributed by atoms with van der Waals surface area (Å²) in [6.07, 6.45) is 8.97. The first-order valence-corrected chi connectivity index (χ1v) is 7.93. The van der Waals surface area contributed by atoms with E-state index in [1.807, 2.05) is 12.1 Å². The zero-order valence-corrected chi connectivity index (χ0v) is 13.0. The lowest BCUT2D eigenvalue weighted by atomic mass is 9.93. The summed E-state index contributed by atoms with van der Waals surface area (Å²) in [6, 6.07) is 8.31. The van der Waals surface area contributed by atoms with Crippen LogP contribution in [0.4, 0.5) is 0 Å². The van der Waals surface area contributed by atoms with Crippen molar-refractivity contribution >= 4 is 15.9 Å². The molecule has 1 aromatic rings. The van der Waals surface area contributed by atoms with Gasteiger partial charge in [-0.25, -0.2) is 0 Å². The molecule has 0 aliphatic rings. The quantitative estimate of drug-likeness (QED) is 0.615. The van der Waals surface area contributed by atoms with Crippen LogP contribution in [0.1, 0.15) is 63.4 Å². The lowest BCUT2D eigenvalue weighted by Gasteiger charge is -2.14. The second kappa shape index (κ2) is 9.57. The van der Waals surface area contributed by atoms with Gasteiger partial charge >= 0.3 is 0 Å². The zero-order chi connectivity index (χ0) is 13.2. The number of halogens is 1. The van der Waals surface area contributed by atoms with Crippen molar-refractivity contribution in [3.8, 4) is 0 Å². The van der Waals surface area contributed by atoms with Crippen molar-refractivity contribution in [3.63, 3.8) is 0 Å². The summed E-state index contributed by atoms with van der Waals surface area (Å²) in [6.45, 7) is 2.50. The fourth-order valence-electron chi connectivity index (χ4n) is 2.29. The number of rotatable bonds is 9. The number of hydrogen-bond donors (Lipinski definition) is 1. The molecule has 0 spiro atoms. The molecule has 0 saturated carbocycles. The van der Waals surface area contributed by atoms with Crippen LogP contribution in [0.5, 0.6) is 0 Å². The van der Waals surface area contributed by atoms with Gasteiger partial charge < -0.3 is 5.11 Å². The molecule has 0 saturated heterocycles. The first-order chi connectivity index (χ1) is 8.77. The number of unbranched alkanes of at least 4 members (excludes halogenated alkanes) is 5. The third-order valence-corrected chi connectivity index (χ3v) is 3.94. The maximum Gasteiger partial charge on any atom is 0.0499 e. The molecule has 1 atom stereocenters. The minimum absolute atomic E-state index is 0.255. The summed E-state index contributed by atoms with van der Waals surface area (Å²) in [5.41, 5.74) is 1.25. The van der Waals surface area contributed by atoms with Gasteiger partial charge in [-0.2, -0.15) is 0 Å². The molecular weight excluding hydrogens is 288 g/mol. The number of aliphatic hydroxyl groups excluding tert-OH is 1. The maximum atomic E-state index is 9.50. The Morgan fingerprint density at radius 3 is 2.50 bits per heavy atom. The topological polar surface area (TPSA) is 20.2 Å². The Kier molecular flexibility index (Phi) is 8.36. The molecule has 0 heterocycles. The molecule has 1 unspecified atom stereocenters. The van der Waals surface area contributed by atoms with Crippen LogP contribution in [0.25, 0.3) is 0 Å². The smallest absolute Gasteiger partial charge is 0.0499 e. The molecule has 0 bridgehead atoms. The summed E-state index contributed by atoms with van der Waals surface area (Å²) in [5.74, 6) is 0.300. The molecule has 1 aromatic carbocycles. The van der Waals surface area contributed by atoms with E-state index in [9.17, 15) is 5.11 Å². The van der Waals surface area contributed by atoms with Crippen LogP contribution in [0.2, 0.25) is 0 Å². The summed E-state index contributed by atoms with van der Waals surface area (Å²) in [4.78, 5) is 0. The van der Waals surface area contributed by atoms with Crippen molar-refractivity contribution in [2.75, 3.05) is 6.61 Å². The fraction of sp³-hybridized carbons (Fsp3) is 0.625. The Morgan fingerprint density at radius 2 is 1.83 bits per heavy atom. The van der Waals surface area contributed by atoms with Crippen LogP contribution in [0.15, 0.2) is 28.7 Å². The fourth-order valence-corrected chi connectivity index (χ4v) is 2.71. The van der Waals surface area contributed by atoms with Gasteiger partial charge in [0, 0.05) is 17.0 Å². The van der Waals surface area contributed by atoms with Crippen LogP contribution < -0.4 is 0 Å². The standard InChI is InChI=1S/C16H25BrO/c1-2-3-4-5-6-7-9-15(13-18)14-10-8-11-16(17)12-14/h8,10-12,15,18H,2-7,9,13H2,1H3. The van der Waals surface area contributed by atoms with Crippen molar-refractivity contribution in [1.29, 1.82) is 0 Å². The van der Waals surface area contributed by atoms with E-state index in [-0.39, 0.29) is 6.61 Å². The molecule has 1 rings (SSSR count). The molecule has 102 valence electrons. The second-order valence-corrected chi connectivity index (χ2v) is 5.91. The maximum absolute atomic E-state index is 9.50. The van der Waals surface area contributed by atoms with Gasteiger partial charge in [-0.15, -0.1) is 0 Å². The molecule has 1 nitrogen and oxygen atoms in total. The van der Waals surface area contributed by atoms with E-state index in [4.69, 9.17) is 0 Å². The first-order valence-electron chi connectivity index (χ1n) is 7.14. The number of benzene rings is 1. The molecule has 18 heavy (non-hydrogen) atoms. The van der Waals surface area contributed by atoms with Crippen molar-refractivity contribution in [2.24, 2.45) is 0 Å². The highest BCUT2D eigenvalue weighted by molar-refractivity contribution is 9.10. The third kappa shape index (κ3) is 6.01. The minimum atomic E-state index is 0.255. The Bertz CT molecular complexity index is 325. The van der Waals surface area contributed by atoms with E-state index >= 15 is 0 Å². The molecule has 0 amide bonds. The first kappa shape index (κ1) is 15.7. The summed E-state index contributed by atoms with van der Waals surface area (Å²) in [7, 11) is 0. The van der Waals surface area contributed by atoms with E-state index < -0.39 is 0 Å². The highest BCUT2D eigenvalue weighted by atomic mass is 79.9. The molecule has 1 N–H and O–H groups in total. The third-order valence-electron chi connectivity index (χ3n) is 3.45. The van der Waals surface area contributed by atoms with E-state index in [0.29, 0.717) is 5.92 Å². The molecular formula is C16H25BrO. The van der Waals surface area contributed by atoms with Crippen molar-refractivity contribution in [2.45, 2.75) is 57.8 Å². The van der Waals surface area contributed by atoms with Gasteiger partial charge in [-0.1, -0.05) is 73.5 Å². The molecule has 0 aliphatic heterocycles. The van der Waals surface area contributed by atoms with E-state index in [2.05, 4.69) is 35.0 Å². The Balaban J connectivity index is 2.29. The Morgan fingerprint density at radius 1 is 1.11 bits per heavy atom. The van der Waals surface area contributed by atoms with Gasteiger partial charge in [0.1, 0.15) is 0 Å². The van der Waals surface area contributed by atoms with Gasteiger partial charge in [0.15, 0.2) is 0 Å². The minimum Gasteiger partial charge on any atom is -0.396 e. The largest absolute Gasteiger partial charge is 0.396 e. The Hall–Kier alpha value is -0.340. The lowest BCUT2D eigenvalue weighted by molar-refractivity contribution is 0.256. The number of hydrogen-bond acceptors (Lipinski definition) is 1. The lowest BCUT2D eigenvalue weighted by Crippen LogP contribution is -2.04. The highest BCUT2D eigenvalue weighted by Gasteiger charge is 2.10. The van der Waals surface area contributed by atoms with Crippen LogP contribution in [-0.4, -0.2) is 11.7 Å². The highest BCUT2D eigenvalue weighted by Crippen LogP contribution is 2.24. The summed E-state index contributed by atoms with van der Waals surface area (Å²) in [5, 5.41) is 9.50. The van der Waals surface area contributed by atoms with Crippen LogP contribution >= 0.6 is 15.9 Å². The van der Waals surface area contributed by atoms with Gasteiger partial charge in [0.2, 0.25) is 0 Å². The average molecular weight is 313 g/mol. The van der Waals surface area contributed by atoms with Gasteiger partial charge in [0.05, 0.1) is 0 Å². The second-order valence-electron chi connectivity index (χ2n) is 4.99. The molecule has 0 aromatic heterocycles. The zero-order valence-electron chi connectivity index (χ0n) is 11.4. The SMILES string of the molecule is CCCCCCCCC(CO)c1cccc(Br)c1. The summed E-state index contributed by atoms with van der Waals surface area (Å²) < 4.78 is 1.10. The Labute approximate surface area is 120 Å². The van der Waals surface area contributed by atoms with Crippen molar-refractivity contribution in [1.82, 2.24) is 0 Å². The average Bonchev–Trinajstić information content (AvgIpc) is 2.38. The van der Waals surface area contributed by atoms with Crippen LogP contribution in [-0.2, 0) is 0 Å². The van der Waals surface area contributed by atoms with Crippen LogP contribution in [0.3, 0.4) is 0 Å². The van der Waals surface area contributed by atoms with Gasteiger partial charge in [0.25, 0.3) is 0 Å². The van der Waals surface area contributed by atoms with Gasteiger partial charge in [-0.3, -0.25) is 0 Å². The van der Waals surface area contributed by atoms with Crippen molar-refractivity contribution in [3.05, 3.63) is 34.3 Å². The van der Waals surface area contributed by atoms with E-state index in [0.717, 1.165) is 10.9 Å². The normalized spacial score (nSPS) is 12.6. The van der Waals surface area contributed by atoms with E-state index in [1.165, 1.54) is 44.1 Å². The van der Waals surface area contributed by atoms with Crippen molar-refractivity contribution < 1.29 is 5.11 Å². The molecule has 2 heteroatoms. The van der Waals surface area contributed by atoms with Crippen LogP contribution in [0, 0.1) is 0 Å². The molecule has 0 radical (unpaired) electrons. The summed E-state index contributed by atoms with van der Waals surface area (Å²) >= 11 is 3.49. The van der Waals surface area contributed by atoms with E-state index in [1.54, 1.807) is 0 Å². The predicted molar refractivity (Wildman–Crippen MR) is 82.0 cm³/mol. The number of aliphatic hydroxyl groups is 1. The monoisotopic (exact) mass is 312 g/mol. The molecule has 0 fully saturated rings.